The molecule has 0 atom stereocenters. The first-order valence-corrected chi connectivity index (χ1v) is 11.9. The highest BCUT2D eigenvalue weighted by molar-refractivity contribution is 7.99. The molecule has 0 unspecified atom stereocenters. The maximum absolute atomic E-state index is 13.2. The number of carbonyl (C=O) groups excluding carboxylic acids is 1. The number of halogens is 3. The van der Waals surface area contributed by atoms with Crippen LogP contribution in [0.4, 0.5) is 18.9 Å². The Morgan fingerprint density at radius 3 is 2.37 bits per heavy atom. The lowest BCUT2D eigenvalue weighted by Crippen LogP contribution is -2.42. The van der Waals surface area contributed by atoms with E-state index in [9.17, 15) is 28.2 Å². The largest absolute Gasteiger partial charge is 0.447 e. The van der Waals surface area contributed by atoms with Gasteiger partial charge in [0.25, 0.3) is 11.7 Å². The summed E-state index contributed by atoms with van der Waals surface area (Å²) >= 11 is 0.956. The highest BCUT2D eigenvalue weighted by Gasteiger charge is 2.54. The van der Waals surface area contributed by atoms with Crippen LogP contribution in [-0.4, -0.2) is 42.5 Å². The number of rotatable bonds is 6. The molecule has 1 saturated carbocycles. The minimum absolute atomic E-state index is 0.191. The van der Waals surface area contributed by atoms with Gasteiger partial charge in [-0.15, -0.1) is 5.10 Å². The molecule has 0 radical (unpaired) electrons. The van der Waals surface area contributed by atoms with Crippen molar-refractivity contribution in [3.8, 4) is 0 Å². The summed E-state index contributed by atoms with van der Waals surface area (Å²) in [6, 6.07) is 10.3. The van der Waals surface area contributed by atoms with Crippen molar-refractivity contribution in [2.24, 2.45) is 7.05 Å². The zero-order valence-corrected chi connectivity index (χ0v) is 19.6. The number of anilines is 1. The SMILES string of the molecule is Cn1nnnc1Sc1ccc(C(O)(O)C(F)(F)F)cc1C(=O)Nc1ccc(C2CCCCC2)cc1. The second-order valence-electron chi connectivity index (χ2n) is 8.48. The molecule has 2 aromatic carbocycles. The van der Waals surface area contributed by atoms with Crippen molar-refractivity contribution in [2.45, 2.75) is 60.0 Å². The van der Waals surface area contributed by atoms with E-state index in [1.54, 1.807) is 19.2 Å². The number of hydrogen-bond donors (Lipinski definition) is 3. The van der Waals surface area contributed by atoms with E-state index in [-0.39, 0.29) is 10.5 Å². The lowest BCUT2D eigenvalue weighted by atomic mass is 9.84. The summed E-state index contributed by atoms with van der Waals surface area (Å²) in [6.45, 7) is 0. The number of alkyl halides is 3. The number of amides is 1. The van der Waals surface area contributed by atoms with Crippen molar-refractivity contribution >= 4 is 23.4 Å². The van der Waals surface area contributed by atoms with E-state index in [0.717, 1.165) is 36.7 Å². The third kappa shape index (κ3) is 5.49. The van der Waals surface area contributed by atoms with Crippen molar-refractivity contribution < 1.29 is 28.2 Å². The van der Waals surface area contributed by atoms with Crippen LogP contribution in [0.3, 0.4) is 0 Å². The summed E-state index contributed by atoms with van der Waals surface area (Å²) in [5, 5.41) is 33.4. The summed E-state index contributed by atoms with van der Waals surface area (Å²) in [6.07, 6.45) is 0.508. The number of tetrazole rings is 1. The van der Waals surface area contributed by atoms with Crippen LogP contribution in [0, 0.1) is 0 Å². The number of aromatic nitrogens is 4. The summed E-state index contributed by atoms with van der Waals surface area (Å²) in [4.78, 5) is 13.4. The molecule has 1 aliphatic carbocycles. The number of carbonyl (C=O) groups is 1. The molecule has 1 heterocycles. The highest BCUT2D eigenvalue weighted by atomic mass is 32.2. The molecule has 35 heavy (non-hydrogen) atoms. The number of hydrogen-bond acceptors (Lipinski definition) is 7. The zero-order valence-electron chi connectivity index (χ0n) is 18.8. The van der Waals surface area contributed by atoms with E-state index in [4.69, 9.17) is 0 Å². The topological polar surface area (TPSA) is 113 Å². The van der Waals surface area contributed by atoms with E-state index >= 15 is 0 Å². The molecule has 0 bridgehead atoms. The third-order valence-electron chi connectivity index (χ3n) is 6.05. The molecule has 8 nitrogen and oxygen atoms in total. The van der Waals surface area contributed by atoms with Crippen molar-refractivity contribution in [3.05, 3.63) is 59.2 Å². The van der Waals surface area contributed by atoms with E-state index in [0.29, 0.717) is 16.8 Å². The fraction of sp³-hybridized carbons (Fsp3) is 0.391. The molecule has 3 aromatic rings. The van der Waals surface area contributed by atoms with Crippen LogP contribution in [0.5, 0.6) is 0 Å². The Morgan fingerprint density at radius 1 is 1.09 bits per heavy atom. The van der Waals surface area contributed by atoms with Crippen molar-refractivity contribution in [2.75, 3.05) is 5.32 Å². The normalized spacial score (nSPS) is 15.3. The van der Waals surface area contributed by atoms with Gasteiger partial charge in [0.1, 0.15) is 0 Å². The highest BCUT2D eigenvalue weighted by Crippen LogP contribution is 2.39. The molecule has 3 N–H and O–H groups in total. The van der Waals surface area contributed by atoms with Crippen LogP contribution in [0.1, 0.15) is 59.5 Å². The Bertz CT molecular complexity index is 1190. The van der Waals surface area contributed by atoms with E-state index < -0.39 is 23.4 Å². The maximum Gasteiger partial charge on any atom is 0.447 e. The minimum atomic E-state index is -5.36. The number of aryl methyl sites for hydroxylation is 1. The fourth-order valence-corrected chi connectivity index (χ4v) is 4.90. The van der Waals surface area contributed by atoms with Gasteiger partial charge in [-0.05, 0) is 70.8 Å². The van der Waals surface area contributed by atoms with Gasteiger partial charge in [-0.1, -0.05) is 37.5 Å². The van der Waals surface area contributed by atoms with Gasteiger partial charge in [-0.25, -0.2) is 4.68 Å². The van der Waals surface area contributed by atoms with Gasteiger partial charge in [-0.3, -0.25) is 4.79 Å². The summed E-state index contributed by atoms with van der Waals surface area (Å²) < 4.78 is 41.0. The van der Waals surface area contributed by atoms with Crippen LogP contribution < -0.4 is 5.32 Å². The third-order valence-corrected chi connectivity index (χ3v) is 7.15. The molecule has 0 spiro atoms. The van der Waals surface area contributed by atoms with Gasteiger partial charge in [0, 0.05) is 23.2 Å². The zero-order chi connectivity index (χ0) is 25.2. The van der Waals surface area contributed by atoms with E-state index in [2.05, 4.69) is 20.8 Å². The maximum atomic E-state index is 13.2. The summed E-state index contributed by atoms with van der Waals surface area (Å²) in [5.74, 6) is -4.36. The molecule has 4 rings (SSSR count). The average Bonchev–Trinajstić information content (AvgIpc) is 3.23. The number of nitrogens with one attached hydrogen (secondary N) is 1. The number of aliphatic hydroxyl groups is 2. The van der Waals surface area contributed by atoms with Gasteiger partial charge in [0.15, 0.2) is 0 Å². The molecular formula is C23H24F3N5O3S. The molecule has 1 aliphatic rings. The Labute approximate surface area is 203 Å². The van der Waals surface area contributed by atoms with E-state index in [1.165, 1.54) is 35.6 Å². The quantitative estimate of drug-likeness (QED) is 0.425. The second-order valence-corrected chi connectivity index (χ2v) is 9.49. The minimum Gasteiger partial charge on any atom is -0.355 e. The predicted octanol–water partition coefficient (Wildman–Crippen LogP) is 4.36. The predicted molar refractivity (Wildman–Crippen MR) is 122 cm³/mol. The first kappa shape index (κ1) is 25.1. The van der Waals surface area contributed by atoms with Gasteiger partial charge in [0.05, 0.1) is 5.56 Å². The number of nitrogens with zero attached hydrogens (tertiary/aromatic N) is 4. The Hall–Kier alpha value is -2.96. The van der Waals surface area contributed by atoms with Crippen LogP contribution in [0.15, 0.2) is 52.5 Å². The van der Waals surface area contributed by atoms with Crippen molar-refractivity contribution in [1.29, 1.82) is 0 Å². The summed E-state index contributed by atoms with van der Waals surface area (Å²) in [5.41, 5.74) is 0.574. The molecule has 0 saturated heterocycles. The average molecular weight is 508 g/mol. The smallest absolute Gasteiger partial charge is 0.355 e. The molecule has 1 fully saturated rings. The Morgan fingerprint density at radius 2 is 1.77 bits per heavy atom. The number of benzene rings is 2. The monoisotopic (exact) mass is 507 g/mol. The lowest BCUT2D eigenvalue weighted by Gasteiger charge is -2.25. The molecule has 12 heteroatoms. The van der Waals surface area contributed by atoms with Crippen LogP contribution in [0.2, 0.25) is 0 Å². The molecule has 1 aromatic heterocycles. The van der Waals surface area contributed by atoms with Crippen LogP contribution >= 0.6 is 11.8 Å². The molecule has 186 valence electrons. The first-order valence-electron chi connectivity index (χ1n) is 11.0. The Balaban J connectivity index is 1.62. The molecular weight excluding hydrogens is 483 g/mol. The van der Waals surface area contributed by atoms with Crippen LogP contribution in [-0.2, 0) is 12.8 Å². The van der Waals surface area contributed by atoms with Gasteiger partial charge >= 0.3 is 6.18 Å². The standard InChI is InChI=1S/C23H24F3N5O3S/c1-31-21(28-29-30-31)35-19-12-9-16(22(33,34)23(24,25)26)13-18(19)20(32)27-17-10-7-15(8-11-17)14-5-3-2-4-6-14/h7-14,33-34H,2-6H2,1H3,(H,27,32). The fourth-order valence-electron chi connectivity index (χ4n) is 4.06. The molecule has 1 amide bonds. The van der Waals surface area contributed by atoms with Crippen LogP contribution in [0.25, 0.3) is 0 Å². The molecule has 0 aliphatic heterocycles. The van der Waals surface area contributed by atoms with E-state index in [1.807, 2.05) is 12.1 Å². The van der Waals surface area contributed by atoms with Gasteiger partial charge < -0.3 is 15.5 Å². The Kier molecular flexibility index (Phi) is 7.15. The second kappa shape index (κ2) is 9.96. The van der Waals surface area contributed by atoms with Crippen molar-refractivity contribution in [3.63, 3.8) is 0 Å². The van der Waals surface area contributed by atoms with Gasteiger partial charge in [-0.2, -0.15) is 13.2 Å². The van der Waals surface area contributed by atoms with Crippen molar-refractivity contribution in [1.82, 2.24) is 20.2 Å². The summed E-state index contributed by atoms with van der Waals surface area (Å²) in [7, 11) is 1.57. The first-order chi connectivity index (χ1) is 16.6. The lowest BCUT2D eigenvalue weighted by molar-refractivity contribution is -0.358. The van der Waals surface area contributed by atoms with Gasteiger partial charge in [0.2, 0.25) is 5.16 Å².